The van der Waals surface area contributed by atoms with Gasteiger partial charge in [0, 0.05) is 6.42 Å². The molecule has 0 aliphatic rings. The normalized spacial score (nSPS) is 14.7. The lowest BCUT2D eigenvalue weighted by atomic mass is 9.99. The van der Waals surface area contributed by atoms with E-state index < -0.39 is 0 Å². The van der Waals surface area contributed by atoms with Gasteiger partial charge < -0.3 is 9.47 Å². The molecule has 0 amide bonds. The van der Waals surface area contributed by atoms with Gasteiger partial charge in [-0.3, -0.25) is 0 Å². The van der Waals surface area contributed by atoms with Gasteiger partial charge in [-0.1, -0.05) is 12.8 Å². The highest BCUT2D eigenvalue weighted by Gasteiger charge is 2.24. The second-order valence-electron chi connectivity index (χ2n) is 5.04. The van der Waals surface area contributed by atoms with Gasteiger partial charge in [-0.25, -0.2) is 0 Å². The van der Waals surface area contributed by atoms with Crippen LogP contribution in [-0.4, -0.2) is 24.4 Å². The molecule has 0 fully saturated rings. The summed E-state index contributed by atoms with van der Waals surface area (Å²) in [7, 11) is 0. The number of rotatable bonds is 8. The molecule has 1 atom stereocenters. The summed E-state index contributed by atoms with van der Waals surface area (Å²) in [5.41, 5.74) is -0.478. The summed E-state index contributed by atoms with van der Waals surface area (Å²) in [5.74, 6) is 5.13. The summed E-state index contributed by atoms with van der Waals surface area (Å²) < 4.78 is 11.4. The lowest BCUT2D eigenvalue weighted by molar-refractivity contribution is -0.0711. The molecule has 17 heavy (non-hydrogen) atoms. The maximum Gasteiger partial charge on any atom is 0.108 e. The smallest absolute Gasteiger partial charge is 0.108 e. The second-order valence-corrected chi connectivity index (χ2v) is 5.04. The van der Waals surface area contributed by atoms with E-state index in [-0.39, 0.29) is 11.2 Å². The van der Waals surface area contributed by atoms with Crippen LogP contribution in [0.1, 0.15) is 47.0 Å². The van der Waals surface area contributed by atoms with E-state index in [4.69, 9.17) is 22.3 Å². The molecular formula is C15H24O2. The lowest BCUT2D eigenvalue weighted by Crippen LogP contribution is -2.32. The summed E-state index contributed by atoms with van der Waals surface area (Å²) in [6, 6.07) is 0. The van der Waals surface area contributed by atoms with E-state index >= 15 is 0 Å². The maximum absolute atomic E-state index is 5.86. The molecule has 2 nitrogen and oxygen atoms in total. The fourth-order valence-corrected chi connectivity index (χ4v) is 1.35. The monoisotopic (exact) mass is 236 g/mol. The topological polar surface area (TPSA) is 18.5 Å². The highest BCUT2D eigenvalue weighted by Crippen LogP contribution is 2.22. The Kier molecular flexibility index (Phi) is 6.97. The van der Waals surface area contributed by atoms with Crippen LogP contribution < -0.4 is 0 Å². The fourth-order valence-electron chi connectivity index (χ4n) is 1.35. The van der Waals surface area contributed by atoms with E-state index in [0.29, 0.717) is 19.6 Å². The molecule has 1 unspecified atom stereocenters. The molecule has 0 bridgehead atoms. The minimum Gasteiger partial charge on any atom is -0.374 e. The predicted molar refractivity (Wildman–Crippen MR) is 71.6 cm³/mol. The summed E-state index contributed by atoms with van der Waals surface area (Å²) in [4.78, 5) is 0. The van der Waals surface area contributed by atoms with Crippen LogP contribution in [0.5, 0.6) is 0 Å². The number of hydrogen-bond donors (Lipinski definition) is 0. The second kappa shape index (κ2) is 7.38. The first-order chi connectivity index (χ1) is 7.89. The zero-order chi connectivity index (χ0) is 13.4. The van der Waals surface area contributed by atoms with Crippen molar-refractivity contribution in [1.29, 1.82) is 0 Å². The molecular weight excluding hydrogens is 212 g/mol. The quantitative estimate of drug-likeness (QED) is 0.603. The van der Waals surface area contributed by atoms with Crippen molar-refractivity contribution in [1.82, 2.24) is 0 Å². The predicted octanol–water partition coefficient (Wildman–Crippen LogP) is 3.01. The van der Waals surface area contributed by atoms with Crippen molar-refractivity contribution in [3.05, 3.63) is 0 Å². The molecule has 96 valence electrons. The van der Waals surface area contributed by atoms with Crippen molar-refractivity contribution < 1.29 is 9.47 Å². The largest absolute Gasteiger partial charge is 0.374 e. The highest BCUT2D eigenvalue weighted by atomic mass is 16.5. The molecule has 0 radical (unpaired) electrons. The van der Waals surface area contributed by atoms with Gasteiger partial charge in [0.2, 0.25) is 0 Å². The molecule has 0 N–H and O–H groups in total. The van der Waals surface area contributed by atoms with Crippen molar-refractivity contribution in [2.45, 2.75) is 58.2 Å². The highest BCUT2D eigenvalue weighted by molar-refractivity contribution is 4.93. The van der Waals surface area contributed by atoms with Crippen LogP contribution in [0.15, 0.2) is 0 Å². The minimum absolute atomic E-state index is 0.225. The van der Waals surface area contributed by atoms with Crippen LogP contribution >= 0.6 is 0 Å². The number of hydrogen-bond acceptors (Lipinski definition) is 2. The van der Waals surface area contributed by atoms with Crippen molar-refractivity contribution in [2.24, 2.45) is 0 Å². The Hall–Kier alpha value is -0.960. The number of terminal acetylenes is 2. The molecule has 0 aromatic carbocycles. The van der Waals surface area contributed by atoms with Gasteiger partial charge in [0.15, 0.2) is 0 Å². The average Bonchev–Trinajstić information content (AvgIpc) is 2.26. The van der Waals surface area contributed by atoms with Gasteiger partial charge in [-0.15, -0.1) is 18.8 Å². The van der Waals surface area contributed by atoms with E-state index in [1.54, 1.807) is 0 Å². The Bertz CT molecular complexity index is 293. The van der Waals surface area contributed by atoms with Crippen LogP contribution in [0.4, 0.5) is 0 Å². The Morgan fingerprint density at radius 2 is 1.71 bits per heavy atom. The molecule has 0 heterocycles. The molecule has 0 aromatic rings. The zero-order valence-corrected chi connectivity index (χ0v) is 11.5. The molecule has 0 aliphatic carbocycles. The Morgan fingerprint density at radius 3 is 2.18 bits per heavy atom. The van der Waals surface area contributed by atoms with Gasteiger partial charge in [0.25, 0.3) is 0 Å². The van der Waals surface area contributed by atoms with E-state index in [9.17, 15) is 0 Å². The molecule has 0 saturated carbocycles. The summed E-state index contributed by atoms with van der Waals surface area (Å²) in [5, 5.41) is 0. The molecule has 0 aromatic heterocycles. The van der Waals surface area contributed by atoms with Crippen molar-refractivity contribution >= 4 is 0 Å². The van der Waals surface area contributed by atoms with Crippen LogP contribution in [0, 0.1) is 24.7 Å². The van der Waals surface area contributed by atoms with Gasteiger partial charge in [0.1, 0.15) is 6.61 Å². The maximum atomic E-state index is 5.86. The summed E-state index contributed by atoms with van der Waals surface area (Å²) >= 11 is 0. The Morgan fingerprint density at radius 1 is 1.06 bits per heavy atom. The van der Waals surface area contributed by atoms with Crippen LogP contribution in [-0.2, 0) is 9.47 Å². The molecule has 2 heteroatoms. The Balaban J connectivity index is 4.05. The molecule has 0 aliphatic heterocycles. The fraction of sp³-hybridized carbons (Fsp3) is 0.733. The third kappa shape index (κ3) is 7.05. The molecule has 0 spiro atoms. The van der Waals surface area contributed by atoms with Crippen LogP contribution in [0.3, 0.4) is 0 Å². The van der Waals surface area contributed by atoms with Gasteiger partial charge in [-0.2, -0.15) is 0 Å². The van der Waals surface area contributed by atoms with Gasteiger partial charge in [-0.05, 0) is 33.6 Å². The first-order valence-corrected chi connectivity index (χ1v) is 6.04. The van der Waals surface area contributed by atoms with Gasteiger partial charge in [0.05, 0.1) is 17.8 Å². The molecule has 0 saturated heterocycles. The van der Waals surface area contributed by atoms with E-state index in [1.165, 1.54) is 0 Å². The van der Waals surface area contributed by atoms with E-state index in [0.717, 1.165) is 12.8 Å². The zero-order valence-electron chi connectivity index (χ0n) is 11.5. The third-order valence-electron chi connectivity index (χ3n) is 2.92. The SMILES string of the molecule is C#CCOC(C)(C)CCOC(C)(CC)CC#C. The first-order valence-electron chi connectivity index (χ1n) is 6.04. The van der Waals surface area contributed by atoms with Crippen molar-refractivity contribution in [3.8, 4) is 24.7 Å². The summed E-state index contributed by atoms with van der Waals surface area (Å²) in [6.07, 6.45) is 12.8. The molecule has 0 rings (SSSR count). The van der Waals surface area contributed by atoms with E-state index in [2.05, 4.69) is 18.8 Å². The van der Waals surface area contributed by atoms with Crippen LogP contribution in [0.2, 0.25) is 0 Å². The van der Waals surface area contributed by atoms with Crippen molar-refractivity contribution in [3.63, 3.8) is 0 Å². The lowest BCUT2D eigenvalue weighted by Gasteiger charge is -2.30. The first kappa shape index (κ1) is 16.0. The van der Waals surface area contributed by atoms with Crippen LogP contribution in [0.25, 0.3) is 0 Å². The third-order valence-corrected chi connectivity index (χ3v) is 2.92. The Labute approximate surface area is 106 Å². The minimum atomic E-state index is -0.253. The standard InChI is InChI=1S/C15H24O2/c1-7-10-15(6,9-3)17-13-11-14(4,5)16-12-8-2/h1-2H,9-13H2,3-6H3. The average molecular weight is 236 g/mol. The van der Waals surface area contributed by atoms with E-state index in [1.807, 2.05) is 20.8 Å². The number of ether oxygens (including phenoxy) is 2. The summed E-state index contributed by atoms with van der Waals surface area (Å²) in [6.45, 7) is 9.11. The van der Waals surface area contributed by atoms with Crippen molar-refractivity contribution in [2.75, 3.05) is 13.2 Å². The van der Waals surface area contributed by atoms with Gasteiger partial charge >= 0.3 is 0 Å².